The zero-order chi connectivity index (χ0) is 13.9. The van der Waals surface area contributed by atoms with E-state index in [4.69, 9.17) is 0 Å². The average molecular weight is 327 g/mol. The summed E-state index contributed by atoms with van der Waals surface area (Å²) in [6, 6.07) is 0. The Morgan fingerprint density at radius 2 is 2.33 bits per heavy atom. The van der Waals surface area contributed by atoms with Crippen molar-refractivity contribution in [2.45, 2.75) is 32.6 Å². The molecular formula is C16H23ClN2OS. The zero-order valence-corrected chi connectivity index (χ0v) is 14.0. The first-order chi connectivity index (χ1) is 9.74. The zero-order valence-electron chi connectivity index (χ0n) is 12.4. The molecule has 2 aliphatic rings. The number of thiophene rings is 1. The van der Waals surface area contributed by atoms with E-state index >= 15 is 0 Å². The minimum absolute atomic E-state index is 0. The lowest BCUT2D eigenvalue weighted by molar-refractivity contribution is 0.0956. The molecule has 0 spiro atoms. The summed E-state index contributed by atoms with van der Waals surface area (Å²) in [6.45, 7) is 4.94. The van der Waals surface area contributed by atoms with Gasteiger partial charge in [0.1, 0.15) is 0 Å². The third-order valence-electron chi connectivity index (χ3n) is 4.28. The van der Waals surface area contributed by atoms with E-state index in [9.17, 15) is 4.79 Å². The Hall–Kier alpha value is -0.840. The summed E-state index contributed by atoms with van der Waals surface area (Å²) in [5.74, 6) is 0.869. The van der Waals surface area contributed by atoms with Crippen molar-refractivity contribution in [3.05, 3.63) is 33.0 Å². The second-order valence-electron chi connectivity index (χ2n) is 5.90. The quantitative estimate of drug-likeness (QED) is 0.838. The van der Waals surface area contributed by atoms with Crippen LogP contribution < -0.4 is 10.6 Å². The molecule has 0 saturated heterocycles. The van der Waals surface area contributed by atoms with Crippen LogP contribution in [0, 0.1) is 5.92 Å². The normalized spacial score (nSPS) is 21.0. The molecule has 0 bridgehead atoms. The Labute approximate surface area is 136 Å². The molecule has 5 heteroatoms. The van der Waals surface area contributed by atoms with Crippen molar-refractivity contribution in [1.29, 1.82) is 0 Å². The van der Waals surface area contributed by atoms with Gasteiger partial charge >= 0.3 is 0 Å². The fourth-order valence-electron chi connectivity index (χ4n) is 2.99. The third-order valence-corrected chi connectivity index (χ3v) is 5.33. The summed E-state index contributed by atoms with van der Waals surface area (Å²) in [5.41, 5.74) is 3.58. The molecule has 1 unspecified atom stereocenters. The van der Waals surface area contributed by atoms with Gasteiger partial charge in [-0.3, -0.25) is 4.79 Å². The van der Waals surface area contributed by atoms with Crippen LogP contribution in [0.15, 0.2) is 17.0 Å². The first-order valence-electron chi connectivity index (χ1n) is 7.50. The number of nitrogens with one attached hydrogen (secondary N) is 2. The van der Waals surface area contributed by atoms with Gasteiger partial charge in [-0.2, -0.15) is 0 Å². The molecule has 1 aliphatic carbocycles. The van der Waals surface area contributed by atoms with Crippen molar-refractivity contribution < 1.29 is 4.79 Å². The van der Waals surface area contributed by atoms with Crippen LogP contribution in [-0.4, -0.2) is 25.5 Å². The molecular weight excluding hydrogens is 304 g/mol. The largest absolute Gasteiger partial charge is 0.348 e. The van der Waals surface area contributed by atoms with Crippen molar-refractivity contribution in [3.63, 3.8) is 0 Å². The highest BCUT2D eigenvalue weighted by Crippen LogP contribution is 2.32. The van der Waals surface area contributed by atoms with E-state index in [1.165, 1.54) is 22.4 Å². The fourth-order valence-corrected chi connectivity index (χ4v) is 4.23. The number of carbonyl (C=O) groups is 1. The monoisotopic (exact) mass is 326 g/mol. The van der Waals surface area contributed by atoms with Crippen molar-refractivity contribution in [2.24, 2.45) is 5.92 Å². The number of rotatable bonds is 3. The maximum atomic E-state index is 12.4. The molecule has 3 nitrogen and oxygen atoms in total. The molecule has 1 aromatic heterocycles. The van der Waals surface area contributed by atoms with Crippen molar-refractivity contribution in [1.82, 2.24) is 10.6 Å². The Morgan fingerprint density at radius 1 is 1.48 bits per heavy atom. The van der Waals surface area contributed by atoms with Crippen LogP contribution in [0.2, 0.25) is 0 Å². The molecule has 0 aromatic carbocycles. The fraction of sp³-hybridized carbons (Fsp3) is 0.562. The molecule has 1 amide bonds. The minimum atomic E-state index is 0. The summed E-state index contributed by atoms with van der Waals surface area (Å²) in [5, 5.41) is 8.43. The minimum Gasteiger partial charge on any atom is -0.348 e. The highest BCUT2D eigenvalue weighted by Gasteiger charge is 2.23. The lowest BCUT2D eigenvalue weighted by Crippen LogP contribution is -2.30. The molecule has 0 radical (unpaired) electrons. The molecule has 1 aliphatic heterocycles. The van der Waals surface area contributed by atoms with Crippen LogP contribution in [-0.2, 0) is 12.8 Å². The number of halogens is 1. The SMILES string of the molecule is CC1CCc2c(C(=O)NCC3=CCNCC3)csc2C1.Cl. The van der Waals surface area contributed by atoms with Crippen LogP contribution >= 0.6 is 23.7 Å². The Bertz CT molecular complexity index is 538. The summed E-state index contributed by atoms with van der Waals surface area (Å²) in [4.78, 5) is 13.8. The van der Waals surface area contributed by atoms with Crippen molar-refractivity contribution in [3.8, 4) is 0 Å². The molecule has 2 heterocycles. The second kappa shape index (κ2) is 7.43. The van der Waals surface area contributed by atoms with E-state index in [0.717, 1.165) is 43.8 Å². The van der Waals surface area contributed by atoms with E-state index < -0.39 is 0 Å². The average Bonchev–Trinajstić information content (AvgIpc) is 2.89. The van der Waals surface area contributed by atoms with Crippen LogP contribution in [0.3, 0.4) is 0 Å². The van der Waals surface area contributed by atoms with Crippen LogP contribution in [0.1, 0.15) is 40.6 Å². The van der Waals surface area contributed by atoms with Gasteiger partial charge in [0.05, 0.1) is 5.56 Å². The van der Waals surface area contributed by atoms with Gasteiger partial charge in [0.15, 0.2) is 0 Å². The Kier molecular flexibility index (Phi) is 5.85. The maximum Gasteiger partial charge on any atom is 0.252 e. The molecule has 116 valence electrons. The highest BCUT2D eigenvalue weighted by atomic mass is 35.5. The van der Waals surface area contributed by atoms with E-state index in [1.807, 2.05) is 0 Å². The van der Waals surface area contributed by atoms with E-state index in [1.54, 1.807) is 11.3 Å². The number of fused-ring (bicyclic) bond motifs is 1. The van der Waals surface area contributed by atoms with Gasteiger partial charge in [0, 0.05) is 23.3 Å². The lowest BCUT2D eigenvalue weighted by Gasteiger charge is -2.19. The molecule has 1 atom stereocenters. The summed E-state index contributed by atoms with van der Waals surface area (Å²) >= 11 is 1.76. The molecule has 0 fully saturated rings. The lowest BCUT2D eigenvalue weighted by atomic mass is 9.88. The molecule has 2 N–H and O–H groups in total. The predicted molar refractivity (Wildman–Crippen MR) is 90.7 cm³/mol. The topological polar surface area (TPSA) is 41.1 Å². The van der Waals surface area contributed by atoms with E-state index in [2.05, 4.69) is 29.0 Å². The number of hydrogen-bond acceptors (Lipinski definition) is 3. The molecule has 3 rings (SSSR count). The first kappa shape index (κ1) is 16.5. The van der Waals surface area contributed by atoms with Crippen LogP contribution in [0.25, 0.3) is 0 Å². The van der Waals surface area contributed by atoms with Gasteiger partial charge in [-0.1, -0.05) is 18.6 Å². The van der Waals surface area contributed by atoms with Gasteiger partial charge in [-0.05, 0) is 43.7 Å². The van der Waals surface area contributed by atoms with Crippen molar-refractivity contribution in [2.75, 3.05) is 19.6 Å². The van der Waals surface area contributed by atoms with Crippen LogP contribution in [0.5, 0.6) is 0 Å². The van der Waals surface area contributed by atoms with Gasteiger partial charge in [-0.15, -0.1) is 23.7 Å². The van der Waals surface area contributed by atoms with Gasteiger partial charge < -0.3 is 10.6 Å². The molecule has 0 saturated carbocycles. The smallest absolute Gasteiger partial charge is 0.252 e. The van der Waals surface area contributed by atoms with Gasteiger partial charge in [0.2, 0.25) is 0 Å². The second-order valence-corrected chi connectivity index (χ2v) is 6.86. The first-order valence-corrected chi connectivity index (χ1v) is 8.38. The Balaban J connectivity index is 0.00000161. The summed E-state index contributed by atoms with van der Waals surface area (Å²) in [6.07, 6.45) is 6.65. The number of hydrogen-bond donors (Lipinski definition) is 2. The maximum absolute atomic E-state index is 12.4. The van der Waals surface area contributed by atoms with Crippen molar-refractivity contribution >= 4 is 29.7 Å². The Morgan fingerprint density at radius 3 is 3.10 bits per heavy atom. The highest BCUT2D eigenvalue weighted by molar-refractivity contribution is 7.10. The standard InChI is InChI=1S/C16H22N2OS.ClH/c1-11-2-3-13-14(10-20-15(13)8-11)16(19)18-9-12-4-6-17-7-5-12;/h4,10-11,17H,2-3,5-9H2,1H3,(H,18,19);1H. The van der Waals surface area contributed by atoms with E-state index in [-0.39, 0.29) is 18.3 Å². The molecule has 21 heavy (non-hydrogen) atoms. The van der Waals surface area contributed by atoms with Gasteiger partial charge in [0.25, 0.3) is 5.91 Å². The summed E-state index contributed by atoms with van der Waals surface area (Å²) < 4.78 is 0. The van der Waals surface area contributed by atoms with E-state index in [0.29, 0.717) is 6.54 Å². The van der Waals surface area contributed by atoms with Crippen LogP contribution in [0.4, 0.5) is 0 Å². The third kappa shape index (κ3) is 3.87. The summed E-state index contributed by atoms with van der Waals surface area (Å²) in [7, 11) is 0. The molecule has 1 aromatic rings. The van der Waals surface area contributed by atoms with Gasteiger partial charge in [-0.25, -0.2) is 0 Å². The number of carbonyl (C=O) groups excluding carboxylic acids is 1. The number of amides is 1. The predicted octanol–water partition coefficient (Wildman–Crippen LogP) is 2.94.